The van der Waals surface area contributed by atoms with Crippen molar-refractivity contribution in [3.63, 3.8) is 0 Å². The standard InChI is InChI=1S/C27H24BrN3O5/c1-16(29-30-26(33)17-9-11-18(28)12-10-17)20-13-23(35-2)24(36-3)14-21(20)22-15-25(32)31(27(22)34)19-7-5-4-6-8-19/h4-14,22H,15H2,1-3H3,(H,30,33)/t22-/m0/s1. The highest BCUT2D eigenvalue weighted by molar-refractivity contribution is 9.10. The lowest BCUT2D eigenvalue weighted by Gasteiger charge is -2.19. The van der Waals surface area contributed by atoms with Crippen LogP contribution in [0, 0.1) is 0 Å². The SMILES string of the molecule is COc1cc(C(C)=NNC(=O)c2ccc(Br)cc2)c([C@@H]2CC(=O)N(c3ccccc3)C2=O)cc1OC. The van der Waals surface area contributed by atoms with Gasteiger partial charge in [0.2, 0.25) is 11.8 Å². The highest BCUT2D eigenvalue weighted by Gasteiger charge is 2.42. The summed E-state index contributed by atoms with van der Waals surface area (Å²) < 4.78 is 11.8. The molecule has 4 rings (SSSR count). The number of amides is 3. The van der Waals surface area contributed by atoms with Gasteiger partial charge in [0.05, 0.1) is 31.5 Å². The van der Waals surface area contributed by atoms with Crippen LogP contribution in [0.1, 0.15) is 40.7 Å². The number of hydrogen-bond donors (Lipinski definition) is 1. The van der Waals surface area contributed by atoms with Crippen molar-refractivity contribution in [2.45, 2.75) is 19.3 Å². The number of halogens is 1. The fourth-order valence-corrected chi connectivity index (χ4v) is 4.34. The largest absolute Gasteiger partial charge is 0.493 e. The van der Waals surface area contributed by atoms with Gasteiger partial charge in [0.25, 0.3) is 5.91 Å². The average molecular weight is 550 g/mol. The minimum atomic E-state index is -0.750. The first-order valence-electron chi connectivity index (χ1n) is 11.1. The predicted molar refractivity (Wildman–Crippen MR) is 140 cm³/mol. The van der Waals surface area contributed by atoms with Crippen molar-refractivity contribution in [1.82, 2.24) is 5.43 Å². The zero-order valence-electron chi connectivity index (χ0n) is 19.9. The van der Waals surface area contributed by atoms with Gasteiger partial charge in [-0.3, -0.25) is 19.3 Å². The van der Waals surface area contributed by atoms with E-state index in [1.807, 2.05) is 6.07 Å². The summed E-state index contributed by atoms with van der Waals surface area (Å²) in [4.78, 5) is 40.1. The number of nitrogens with one attached hydrogen (secondary N) is 1. The molecule has 0 aromatic heterocycles. The summed E-state index contributed by atoms with van der Waals surface area (Å²) in [7, 11) is 3.00. The van der Waals surface area contributed by atoms with Gasteiger partial charge in [-0.05, 0) is 61.0 Å². The van der Waals surface area contributed by atoms with E-state index in [-0.39, 0.29) is 24.1 Å². The number of imide groups is 1. The Balaban J connectivity index is 1.71. The molecule has 1 atom stereocenters. The van der Waals surface area contributed by atoms with Crippen LogP contribution in [0.3, 0.4) is 0 Å². The Bertz CT molecular complexity index is 1340. The van der Waals surface area contributed by atoms with Gasteiger partial charge in [0.1, 0.15) is 0 Å². The van der Waals surface area contributed by atoms with E-state index in [0.29, 0.717) is 39.6 Å². The Morgan fingerprint density at radius 2 is 1.64 bits per heavy atom. The number of benzene rings is 3. The summed E-state index contributed by atoms with van der Waals surface area (Å²) in [6.07, 6.45) is -0.00522. The van der Waals surface area contributed by atoms with E-state index >= 15 is 0 Å². The summed E-state index contributed by atoms with van der Waals surface area (Å²) in [5.74, 6) is -0.921. The molecular formula is C27H24BrN3O5. The van der Waals surface area contributed by atoms with Gasteiger partial charge in [0.15, 0.2) is 11.5 Å². The van der Waals surface area contributed by atoms with E-state index in [0.717, 1.165) is 4.47 Å². The number of ether oxygens (including phenoxy) is 2. The first-order valence-corrected chi connectivity index (χ1v) is 11.9. The third-order valence-electron chi connectivity index (χ3n) is 5.91. The molecule has 1 saturated heterocycles. The Hall–Kier alpha value is -3.98. The third kappa shape index (κ3) is 5.01. The van der Waals surface area contributed by atoms with Gasteiger partial charge in [-0.25, -0.2) is 5.43 Å². The summed E-state index contributed by atoms with van der Waals surface area (Å²) in [6, 6.07) is 19.1. The minimum absolute atomic E-state index is 0.00522. The Morgan fingerprint density at radius 1 is 1.00 bits per heavy atom. The van der Waals surface area contributed by atoms with Crippen molar-refractivity contribution >= 4 is 45.1 Å². The first-order chi connectivity index (χ1) is 17.3. The maximum Gasteiger partial charge on any atom is 0.271 e. The molecule has 0 spiro atoms. The lowest BCUT2D eigenvalue weighted by Crippen LogP contribution is -2.30. The lowest BCUT2D eigenvalue weighted by molar-refractivity contribution is -0.121. The summed E-state index contributed by atoms with van der Waals surface area (Å²) in [5, 5.41) is 4.28. The number of carbonyl (C=O) groups excluding carboxylic acids is 3. The van der Waals surface area contributed by atoms with Crippen molar-refractivity contribution in [3.8, 4) is 11.5 Å². The van der Waals surface area contributed by atoms with E-state index in [1.54, 1.807) is 67.6 Å². The van der Waals surface area contributed by atoms with Gasteiger partial charge in [-0.2, -0.15) is 5.10 Å². The first kappa shape index (κ1) is 25.1. The van der Waals surface area contributed by atoms with Gasteiger partial charge in [-0.1, -0.05) is 34.1 Å². The maximum absolute atomic E-state index is 13.4. The third-order valence-corrected chi connectivity index (χ3v) is 6.44. The smallest absolute Gasteiger partial charge is 0.271 e. The number of hydrazone groups is 1. The predicted octanol–water partition coefficient (Wildman–Crippen LogP) is 4.67. The molecule has 0 radical (unpaired) electrons. The Kier molecular flexibility index (Phi) is 7.49. The fourth-order valence-electron chi connectivity index (χ4n) is 4.08. The van der Waals surface area contributed by atoms with Gasteiger partial charge in [-0.15, -0.1) is 0 Å². The molecule has 9 heteroatoms. The fraction of sp³-hybridized carbons (Fsp3) is 0.185. The zero-order valence-corrected chi connectivity index (χ0v) is 21.5. The number of methoxy groups -OCH3 is 2. The molecule has 1 N–H and O–H groups in total. The van der Waals surface area contributed by atoms with Crippen LogP contribution in [-0.4, -0.2) is 37.7 Å². The van der Waals surface area contributed by atoms with Crippen molar-refractivity contribution < 1.29 is 23.9 Å². The van der Waals surface area contributed by atoms with E-state index in [1.165, 1.54) is 19.1 Å². The summed E-state index contributed by atoms with van der Waals surface area (Å²) in [5.41, 5.74) is 5.07. The molecular weight excluding hydrogens is 526 g/mol. The van der Waals surface area contributed by atoms with E-state index < -0.39 is 5.92 Å². The number of anilines is 1. The molecule has 0 bridgehead atoms. The molecule has 36 heavy (non-hydrogen) atoms. The number of rotatable bonds is 7. The van der Waals surface area contributed by atoms with Crippen LogP contribution in [-0.2, 0) is 9.59 Å². The van der Waals surface area contributed by atoms with Gasteiger partial charge >= 0.3 is 0 Å². The van der Waals surface area contributed by atoms with E-state index in [4.69, 9.17) is 9.47 Å². The minimum Gasteiger partial charge on any atom is -0.493 e. The molecule has 3 amide bonds. The van der Waals surface area contributed by atoms with Crippen LogP contribution in [0.25, 0.3) is 0 Å². The molecule has 0 saturated carbocycles. The molecule has 8 nitrogen and oxygen atoms in total. The van der Waals surface area contributed by atoms with Crippen LogP contribution in [0.15, 0.2) is 76.3 Å². The molecule has 1 aliphatic rings. The van der Waals surface area contributed by atoms with Gasteiger partial charge < -0.3 is 9.47 Å². The normalized spacial score (nSPS) is 15.7. The lowest BCUT2D eigenvalue weighted by atomic mass is 9.90. The van der Waals surface area contributed by atoms with Gasteiger partial charge in [0, 0.05) is 22.0 Å². The highest BCUT2D eigenvalue weighted by Crippen LogP contribution is 2.40. The quantitative estimate of drug-likeness (QED) is 0.262. The molecule has 1 heterocycles. The van der Waals surface area contributed by atoms with Crippen LogP contribution < -0.4 is 19.8 Å². The van der Waals surface area contributed by atoms with Crippen LogP contribution in [0.5, 0.6) is 11.5 Å². The molecule has 1 fully saturated rings. The molecule has 1 aliphatic heterocycles. The Labute approximate surface area is 217 Å². The Morgan fingerprint density at radius 3 is 2.28 bits per heavy atom. The molecule has 3 aromatic rings. The molecule has 0 unspecified atom stereocenters. The second-order valence-corrected chi connectivity index (χ2v) is 9.01. The van der Waals surface area contributed by atoms with Crippen LogP contribution in [0.2, 0.25) is 0 Å². The number of hydrogen-bond acceptors (Lipinski definition) is 6. The van der Waals surface area contributed by atoms with E-state index in [2.05, 4.69) is 26.5 Å². The zero-order chi connectivity index (χ0) is 25.8. The molecule has 3 aromatic carbocycles. The van der Waals surface area contributed by atoms with Crippen molar-refractivity contribution in [2.75, 3.05) is 19.1 Å². The monoisotopic (exact) mass is 549 g/mol. The second-order valence-electron chi connectivity index (χ2n) is 8.10. The highest BCUT2D eigenvalue weighted by atomic mass is 79.9. The van der Waals surface area contributed by atoms with Crippen molar-refractivity contribution in [3.05, 3.63) is 87.9 Å². The molecule has 0 aliphatic carbocycles. The summed E-state index contributed by atoms with van der Waals surface area (Å²) in [6.45, 7) is 1.71. The maximum atomic E-state index is 13.4. The van der Waals surface area contributed by atoms with Crippen LogP contribution >= 0.6 is 15.9 Å². The average Bonchev–Trinajstić information content (AvgIpc) is 3.20. The van der Waals surface area contributed by atoms with E-state index in [9.17, 15) is 14.4 Å². The molecule has 184 valence electrons. The number of carbonyl (C=O) groups is 3. The van der Waals surface area contributed by atoms with Crippen molar-refractivity contribution in [1.29, 1.82) is 0 Å². The van der Waals surface area contributed by atoms with Crippen molar-refractivity contribution in [2.24, 2.45) is 5.10 Å². The number of nitrogens with zero attached hydrogens (tertiary/aromatic N) is 2. The summed E-state index contributed by atoms with van der Waals surface area (Å²) >= 11 is 3.34. The topological polar surface area (TPSA) is 97.3 Å². The number of para-hydroxylation sites is 1. The van der Waals surface area contributed by atoms with Crippen LogP contribution in [0.4, 0.5) is 5.69 Å². The second kappa shape index (κ2) is 10.7.